The average Bonchev–Trinajstić information content (AvgIpc) is 3.14. The topological polar surface area (TPSA) is 92.6 Å². The fourth-order valence-corrected chi connectivity index (χ4v) is 3.27. The molecule has 2 rings (SSSR count). The van der Waals surface area contributed by atoms with Crippen LogP contribution in [0.5, 0.6) is 0 Å². The number of primary amides is 1. The number of nitrogens with one attached hydrogen (secondary N) is 2. The highest BCUT2D eigenvalue weighted by Gasteiger charge is 2.09. The van der Waals surface area contributed by atoms with Gasteiger partial charge in [-0.3, -0.25) is 4.79 Å². The van der Waals surface area contributed by atoms with Crippen molar-refractivity contribution in [2.45, 2.75) is 39.8 Å². The molecule has 2 heterocycles. The molecule has 0 aliphatic carbocycles. The zero-order valence-electron chi connectivity index (χ0n) is 14.3. The fourth-order valence-electron chi connectivity index (χ4n) is 2.25. The van der Waals surface area contributed by atoms with Crippen LogP contribution in [0.4, 0.5) is 0 Å². The van der Waals surface area contributed by atoms with Gasteiger partial charge >= 0.3 is 0 Å². The van der Waals surface area contributed by atoms with E-state index in [4.69, 9.17) is 10.2 Å². The third-order valence-electron chi connectivity index (χ3n) is 3.33. The molecule has 0 saturated heterocycles. The van der Waals surface area contributed by atoms with Crippen LogP contribution in [0.25, 0.3) is 0 Å². The van der Waals surface area contributed by atoms with Crippen molar-refractivity contribution in [3.05, 3.63) is 45.5 Å². The zero-order valence-corrected chi connectivity index (χ0v) is 15.1. The molecule has 2 aromatic rings. The van der Waals surface area contributed by atoms with E-state index in [1.807, 2.05) is 18.3 Å². The fraction of sp³-hybridized carbons (Fsp3) is 0.412. The van der Waals surface area contributed by atoms with Crippen LogP contribution in [-0.4, -0.2) is 24.5 Å². The number of aliphatic imine (C=N–C) groups is 1. The van der Waals surface area contributed by atoms with Crippen LogP contribution in [0.15, 0.2) is 33.7 Å². The minimum atomic E-state index is -0.574. The first kappa shape index (κ1) is 18.1. The minimum Gasteiger partial charge on any atom is -0.454 e. The van der Waals surface area contributed by atoms with E-state index in [1.54, 1.807) is 12.1 Å². The van der Waals surface area contributed by atoms with Gasteiger partial charge in [-0.2, -0.15) is 0 Å². The van der Waals surface area contributed by atoms with E-state index >= 15 is 0 Å². The summed E-state index contributed by atoms with van der Waals surface area (Å²) in [5.74, 6) is 0.896. The lowest BCUT2D eigenvalue weighted by Crippen LogP contribution is -2.43. The molecule has 0 aliphatic heterocycles. The summed E-state index contributed by atoms with van der Waals surface area (Å²) >= 11 is 1.81. The average molecular weight is 348 g/mol. The first-order chi connectivity index (χ1) is 11.5. The number of guanidine groups is 1. The summed E-state index contributed by atoms with van der Waals surface area (Å²) in [7, 11) is 0. The van der Waals surface area contributed by atoms with Gasteiger partial charge in [0.2, 0.25) is 0 Å². The molecule has 0 bridgehead atoms. The predicted octanol–water partition coefficient (Wildman–Crippen LogP) is 2.43. The Morgan fingerprint density at radius 2 is 2.17 bits per heavy atom. The Bertz CT molecular complexity index is 705. The molecule has 130 valence electrons. The number of nitrogens with two attached hydrogens (primary N) is 1. The van der Waals surface area contributed by atoms with E-state index < -0.39 is 5.91 Å². The number of thiophene rings is 1. The lowest BCUT2D eigenvalue weighted by atomic mass is 10.2. The quantitative estimate of drug-likeness (QED) is 0.529. The highest BCUT2D eigenvalue weighted by atomic mass is 32.1. The minimum absolute atomic E-state index is 0.152. The van der Waals surface area contributed by atoms with E-state index in [0.29, 0.717) is 12.3 Å². The van der Waals surface area contributed by atoms with Crippen molar-refractivity contribution in [2.75, 3.05) is 6.54 Å². The summed E-state index contributed by atoms with van der Waals surface area (Å²) in [6.07, 6.45) is 0.940. The molecular formula is C17H24N4O2S. The molecule has 0 fully saturated rings. The highest BCUT2D eigenvalue weighted by Crippen LogP contribution is 2.16. The number of amides is 1. The van der Waals surface area contributed by atoms with Gasteiger partial charge in [0.25, 0.3) is 5.91 Å². The number of aryl methyl sites for hydroxylation is 1. The molecular weight excluding hydrogens is 324 g/mol. The lowest BCUT2D eigenvalue weighted by Gasteiger charge is -2.17. The Morgan fingerprint density at radius 1 is 1.38 bits per heavy atom. The highest BCUT2D eigenvalue weighted by molar-refractivity contribution is 7.11. The number of furan rings is 1. The zero-order chi connectivity index (χ0) is 17.5. The second-order valence-corrected chi connectivity index (χ2v) is 6.96. The van der Waals surface area contributed by atoms with Crippen LogP contribution in [0.3, 0.4) is 0 Å². The maximum Gasteiger partial charge on any atom is 0.284 e. The summed E-state index contributed by atoms with van der Waals surface area (Å²) in [4.78, 5) is 18.2. The molecule has 0 aliphatic rings. The molecule has 24 heavy (non-hydrogen) atoms. The van der Waals surface area contributed by atoms with Crippen LogP contribution in [-0.2, 0) is 13.0 Å². The molecule has 1 unspecified atom stereocenters. The van der Waals surface area contributed by atoms with E-state index in [1.165, 1.54) is 9.75 Å². The number of carbonyl (C=O) groups excluding carboxylic acids is 1. The van der Waals surface area contributed by atoms with Gasteiger partial charge in [0, 0.05) is 28.8 Å². The first-order valence-corrected chi connectivity index (χ1v) is 8.78. The lowest BCUT2D eigenvalue weighted by molar-refractivity contribution is 0.0972. The second kappa shape index (κ2) is 8.54. The number of rotatable bonds is 7. The Morgan fingerprint density at radius 3 is 2.75 bits per heavy atom. The SMILES string of the molecule is CCNC(=NCc1ccc(C(N)=O)o1)NC(C)Cc1ccc(C)s1. The summed E-state index contributed by atoms with van der Waals surface area (Å²) in [6, 6.07) is 7.83. The van der Waals surface area contributed by atoms with Gasteiger partial charge in [-0.05, 0) is 45.0 Å². The third-order valence-corrected chi connectivity index (χ3v) is 4.35. The number of nitrogens with zero attached hydrogens (tertiary/aromatic N) is 1. The van der Waals surface area contributed by atoms with Crippen LogP contribution >= 0.6 is 11.3 Å². The Kier molecular flexibility index (Phi) is 6.43. The molecule has 0 radical (unpaired) electrons. The van der Waals surface area contributed by atoms with E-state index in [0.717, 1.165) is 18.9 Å². The number of hydrogen-bond donors (Lipinski definition) is 3. The van der Waals surface area contributed by atoms with Crippen molar-refractivity contribution < 1.29 is 9.21 Å². The van der Waals surface area contributed by atoms with Gasteiger partial charge in [0.1, 0.15) is 12.3 Å². The van der Waals surface area contributed by atoms with Gasteiger partial charge in [0.15, 0.2) is 11.7 Å². The monoisotopic (exact) mass is 348 g/mol. The van der Waals surface area contributed by atoms with Gasteiger partial charge < -0.3 is 20.8 Å². The van der Waals surface area contributed by atoms with Gasteiger partial charge in [-0.25, -0.2) is 4.99 Å². The van der Waals surface area contributed by atoms with Crippen LogP contribution < -0.4 is 16.4 Å². The van der Waals surface area contributed by atoms with E-state index in [-0.39, 0.29) is 11.8 Å². The molecule has 0 saturated carbocycles. The molecule has 0 aromatic carbocycles. The number of hydrogen-bond acceptors (Lipinski definition) is 4. The third kappa shape index (κ3) is 5.42. The van der Waals surface area contributed by atoms with Crippen LogP contribution in [0, 0.1) is 6.92 Å². The summed E-state index contributed by atoms with van der Waals surface area (Å²) in [5, 5.41) is 6.60. The molecule has 4 N–H and O–H groups in total. The van der Waals surface area contributed by atoms with Crippen molar-refractivity contribution in [1.82, 2.24) is 10.6 Å². The van der Waals surface area contributed by atoms with Gasteiger partial charge in [0.05, 0.1) is 0 Å². The van der Waals surface area contributed by atoms with E-state index in [2.05, 4.69) is 41.6 Å². The standard InChI is InChI=1S/C17H24N4O2S/c1-4-19-17(20-10-13-6-8-15(23-13)16(18)22)21-11(2)9-14-7-5-12(3)24-14/h5-8,11H,4,9-10H2,1-3H3,(H2,18,22)(H2,19,20,21). The van der Waals surface area contributed by atoms with Crippen molar-refractivity contribution in [3.8, 4) is 0 Å². The second-order valence-electron chi connectivity index (χ2n) is 5.59. The normalized spacial score (nSPS) is 12.9. The molecule has 0 spiro atoms. The van der Waals surface area contributed by atoms with Gasteiger partial charge in [-0.1, -0.05) is 0 Å². The smallest absolute Gasteiger partial charge is 0.284 e. The van der Waals surface area contributed by atoms with Crippen LogP contribution in [0.2, 0.25) is 0 Å². The Balaban J connectivity index is 1.95. The maximum absolute atomic E-state index is 11.0. The summed E-state index contributed by atoms with van der Waals surface area (Å²) in [6.45, 7) is 7.36. The van der Waals surface area contributed by atoms with Crippen molar-refractivity contribution in [1.29, 1.82) is 0 Å². The van der Waals surface area contributed by atoms with Crippen molar-refractivity contribution in [2.24, 2.45) is 10.7 Å². The first-order valence-electron chi connectivity index (χ1n) is 7.96. The van der Waals surface area contributed by atoms with Gasteiger partial charge in [-0.15, -0.1) is 11.3 Å². The summed E-state index contributed by atoms with van der Waals surface area (Å²) < 4.78 is 5.34. The molecule has 1 amide bonds. The molecule has 7 heteroatoms. The molecule has 6 nitrogen and oxygen atoms in total. The number of carbonyl (C=O) groups is 1. The Labute approximate surface area is 146 Å². The van der Waals surface area contributed by atoms with Crippen molar-refractivity contribution >= 4 is 23.2 Å². The molecule has 2 aromatic heterocycles. The Hall–Kier alpha value is -2.28. The van der Waals surface area contributed by atoms with E-state index in [9.17, 15) is 4.79 Å². The molecule has 1 atom stereocenters. The van der Waals surface area contributed by atoms with Crippen LogP contribution in [0.1, 0.15) is 39.9 Å². The summed E-state index contributed by atoms with van der Waals surface area (Å²) in [5.41, 5.74) is 5.18. The maximum atomic E-state index is 11.0. The largest absolute Gasteiger partial charge is 0.454 e. The predicted molar refractivity (Wildman–Crippen MR) is 97.4 cm³/mol. The van der Waals surface area contributed by atoms with Crippen molar-refractivity contribution in [3.63, 3.8) is 0 Å².